The maximum Gasteiger partial charge on any atom is 0.128 e. The van der Waals surface area contributed by atoms with Crippen LogP contribution in [0.25, 0.3) is 0 Å². The molecule has 0 saturated carbocycles. The SMILES string of the molecule is OC(c1ccc(Br)cc1)c1cc(Cl)cc2c1OCC2. The molecule has 3 rings (SSSR count). The van der Waals surface area contributed by atoms with Gasteiger partial charge in [0.05, 0.1) is 6.61 Å². The second-order valence-corrected chi connectivity index (χ2v) is 5.89. The summed E-state index contributed by atoms with van der Waals surface area (Å²) in [6.07, 6.45) is 0.120. The molecule has 19 heavy (non-hydrogen) atoms. The summed E-state index contributed by atoms with van der Waals surface area (Å²) in [6.45, 7) is 0.649. The lowest BCUT2D eigenvalue weighted by atomic mass is 9.98. The quantitative estimate of drug-likeness (QED) is 0.892. The molecule has 0 radical (unpaired) electrons. The normalized spacial score (nSPS) is 14.9. The number of hydrogen-bond donors (Lipinski definition) is 1. The van der Waals surface area contributed by atoms with Crippen molar-refractivity contribution in [3.05, 3.63) is 62.6 Å². The number of benzene rings is 2. The Morgan fingerprint density at radius 2 is 1.95 bits per heavy atom. The molecule has 0 bridgehead atoms. The summed E-state index contributed by atoms with van der Waals surface area (Å²) in [7, 11) is 0. The number of hydrogen-bond acceptors (Lipinski definition) is 2. The van der Waals surface area contributed by atoms with Gasteiger partial charge in [0.25, 0.3) is 0 Å². The number of halogens is 2. The molecule has 1 atom stereocenters. The molecule has 2 aromatic rings. The molecular weight excluding hydrogens is 328 g/mol. The zero-order valence-electron chi connectivity index (χ0n) is 10.1. The van der Waals surface area contributed by atoms with Crippen LogP contribution in [0.4, 0.5) is 0 Å². The fourth-order valence-corrected chi connectivity index (χ4v) is 2.84. The number of aliphatic hydroxyl groups excluding tert-OH is 1. The van der Waals surface area contributed by atoms with E-state index in [0.717, 1.165) is 33.3 Å². The van der Waals surface area contributed by atoms with Gasteiger partial charge in [-0.3, -0.25) is 0 Å². The highest BCUT2D eigenvalue weighted by Gasteiger charge is 2.23. The van der Waals surface area contributed by atoms with Crippen molar-refractivity contribution in [1.82, 2.24) is 0 Å². The van der Waals surface area contributed by atoms with Gasteiger partial charge in [-0.25, -0.2) is 0 Å². The van der Waals surface area contributed by atoms with Gasteiger partial charge in [-0.1, -0.05) is 39.7 Å². The summed E-state index contributed by atoms with van der Waals surface area (Å²) in [5.41, 5.74) is 2.63. The Morgan fingerprint density at radius 1 is 1.21 bits per heavy atom. The first-order valence-corrected chi connectivity index (χ1v) is 7.21. The minimum Gasteiger partial charge on any atom is -0.493 e. The van der Waals surface area contributed by atoms with E-state index in [1.54, 1.807) is 6.07 Å². The molecule has 0 amide bonds. The first-order chi connectivity index (χ1) is 9.15. The first-order valence-electron chi connectivity index (χ1n) is 6.04. The van der Waals surface area contributed by atoms with E-state index >= 15 is 0 Å². The van der Waals surface area contributed by atoms with Crippen molar-refractivity contribution in [3.63, 3.8) is 0 Å². The third-order valence-corrected chi connectivity index (χ3v) is 4.00. The van der Waals surface area contributed by atoms with Crippen LogP contribution < -0.4 is 4.74 Å². The van der Waals surface area contributed by atoms with Gasteiger partial charge >= 0.3 is 0 Å². The Bertz CT molecular complexity index is 610. The lowest BCUT2D eigenvalue weighted by molar-refractivity contribution is 0.213. The van der Waals surface area contributed by atoms with Crippen LogP contribution >= 0.6 is 27.5 Å². The number of aliphatic hydroxyl groups is 1. The minimum atomic E-state index is -0.723. The standard InChI is InChI=1S/C15H12BrClO2/c16-11-3-1-9(2-4-11)14(18)13-8-12(17)7-10-5-6-19-15(10)13/h1-4,7-8,14,18H,5-6H2. The fourth-order valence-electron chi connectivity index (χ4n) is 2.33. The van der Waals surface area contributed by atoms with Crippen molar-refractivity contribution < 1.29 is 9.84 Å². The van der Waals surface area contributed by atoms with E-state index in [0.29, 0.717) is 11.6 Å². The van der Waals surface area contributed by atoms with Crippen LogP contribution in [-0.4, -0.2) is 11.7 Å². The molecule has 2 aromatic carbocycles. The monoisotopic (exact) mass is 338 g/mol. The second kappa shape index (κ2) is 5.16. The molecule has 4 heteroatoms. The van der Waals surface area contributed by atoms with E-state index in [1.165, 1.54) is 0 Å². The van der Waals surface area contributed by atoms with Crippen molar-refractivity contribution >= 4 is 27.5 Å². The molecule has 0 spiro atoms. The molecule has 1 aliphatic heterocycles. The Kier molecular flexibility index (Phi) is 3.52. The zero-order chi connectivity index (χ0) is 13.4. The third-order valence-electron chi connectivity index (χ3n) is 3.26. The van der Waals surface area contributed by atoms with Crippen LogP contribution in [-0.2, 0) is 6.42 Å². The third kappa shape index (κ3) is 2.50. The van der Waals surface area contributed by atoms with Crippen molar-refractivity contribution in [2.45, 2.75) is 12.5 Å². The van der Waals surface area contributed by atoms with Gasteiger partial charge in [0, 0.05) is 21.5 Å². The minimum absolute atomic E-state index is 0.635. The van der Waals surface area contributed by atoms with E-state index < -0.39 is 6.10 Å². The number of ether oxygens (including phenoxy) is 1. The second-order valence-electron chi connectivity index (χ2n) is 4.54. The van der Waals surface area contributed by atoms with Crippen molar-refractivity contribution in [1.29, 1.82) is 0 Å². The van der Waals surface area contributed by atoms with Crippen LogP contribution in [0, 0.1) is 0 Å². The van der Waals surface area contributed by atoms with Crippen molar-refractivity contribution in [2.75, 3.05) is 6.61 Å². The highest BCUT2D eigenvalue weighted by molar-refractivity contribution is 9.10. The molecule has 1 N–H and O–H groups in total. The lowest BCUT2D eigenvalue weighted by Gasteiger charge is -2.15. The molecule has 98 valence electrons. The molecule has 0 aliphatic carbocycles. The van der Waals surface area contributed by atoms with Gasteiger partial charge in [-0.05, 0) is 35.4 Å². The van der Waals surface area contributed by atoms with Gasteiger partial charge in [0.15, 0.2) is 0 Å². The van der Waals surface area contributed by atoms with Crippen LogP contribution in [0.3, 0.4) is 0 Å². The Labute approximate surface area is 125 Å². The molecule has 1 heterocycles. The number of fused-ring (bicyclic) bond motifs is 1. The summed E-state index contributed by atoms with van der Waals surface area (Å²) in [5, 5.41) is 11.2. The summed E-state index contributed by atoms with van der Waals surface area (Å²) >= 11 is 9.50. The summed E-state index contributed by atoms with van der Waals surface area (Å²) in [4.78, 5) is 0. The van der Waals surface area contributed by atoms with Crippen LogP contribution in [0.5, 0.6) is 5.75 Å². The van der Waals surface area contributed by atoms with Crippen LogP contribution in [0.1, 0.15) is 22.8 Å². The van der Waals surface area contributed by atoms with E-state index in [4.69, 9.17) is 16.3 Å². The largest absolute Gasteiger partial charge is 0.493 e. The molecular formula is C15H12BrClO2. The van der Waals surface area contributed by atoms with E-state index in [9.17, 15) is 5.11 Å². The van der Waals surface area contributed by atoms with Gasteiger partial charge in [0.2, 0.25) is 0 Å². The van der Waals surface area contributed by atoms with Crippen LogP contribution in [0.15, 0.2) is 40.9 Å². The highest BCUT2D eigenvalue weighted by atomic mass is 79.9. The first kappa shape index (κ1) is 13.0. The van der Waals surface area contributed by atoms with E-state index in [-0.39, 0.29) is 0 Å². The van der Waals surface area contributed by atoms with E-state index in [1.807, 2.05) is 30.3 Å². The van der Waals surface area contributed by atoms with Gasteiger partial charge in [0.1, 0.15) is 11.9 Å². The number of rotatable bonds is 2. The fraction of sp³-hybridized carbons (Fsp3) is 0.200. The molecule has 2 nitrogen and oxygen atoms in total. The predicted molar refractivity (Wildman–Crippen MR) is 78.9 cm³/mol. The Balaban J connectivity index is 2.04. The Morgan fingerprint density at radius 3 is 2.68 bits per heavy atom. The molecule has 0 saturated heterocycles. The Hall–Kier alpha value is -1.03. The smallest absolute Gasteiger partial charge is 0.128 e. The molecule has 0 fully saturated rings. The molecule has 1 unspecified atom stereocenters. The van der Waals surface area contributed by atoms with Crippen molar-refractivity contribution in [2.24, 2.45) is 0 Å². The topological polar surface area (TPSA) is 29.5 Å². The van der Waals surface area contributed by atoms with E-state index in [2.05, 4.69) is 15.9 Å². The highest BCUT2D eigenvalue weighted by Crippen LogP contribution is 2.38. The van der Waals surface area contributed by atoms with Gasteiger partial charge in [-0.15, -0.1) is 0 Å². The van der Waals surface area contributed by atoms with Gasteiger partial charge < -0.3 is 9.84 Å². The lowest BCUT2D eigenvalue weighted by Crippen LogP contribution is -2.02. The van der Waals surface area contributed by atoms with Gasteiger partial charge in [-0.2, -0.15) is 0 Å². The predicted octanol–water partition coefficient (Wildman–Crippen LogP) is 4.12. The maximum absolute atomic E-state index is 10.5. The molecule has 0 aromatic heterocycles. The zero-order valence-corrected chi connectivity index (χ0v) is 12.4. The maximum atomic E-state index is 10.5. The van der Waals surface area contributed by atoms with Crippen LogP contribution in [0.2, 0.25) is 5.02 Å². The average molecular weight is 340 g/mol. The average Bonchev–Trinajstić information content (AvgIpc) is 2.85. The van der Waals surface area contributed by atoms with Crippen molar-refractivity contribution in [3.8, 4) is 5.75 Å². The summed E-state index contributed by atoms with van der Waals surface area (Å²) in [6, 6.07) is 11.3. The summed E-state index contributed by atoms with van der Waals surface area (Å²) < 4.78 is 6.61. The molecule has 1 aliphatic rings. The summed E-state index contributed by atoms with van der Waals surface area (Å²) in [5.74, 6) is 0.778.